The van der Waals surface area contributed by atoms with Crippen LogP contribution in [0.25, 0.3) is 0 Å². The molecule has 0 heterocycles. The van der Waals surface area contributed by atoms with Gasteiger partial charge in [-0.05, 0) is 18.9 Å². The number of hydrogen-bond donors (Lipinski definition) is 0. The number of hydrogen-bond acceptors (Lipinski definition) is 2. The molecule has 0 unspecified atom stereocenters. The number of aliphatic imine (C=N–C) groups is 2. The van der Waals surface area contributed by atoms with Gasteiger partial charge < -0.3 is 0 Å². The van der Waals surface area contributed by atoms with Crippen molar-refractivity contribution >= 4 is 12.4 Å². The maximum absolute atomic E-state index is 4.08. The van der Waals surface area contributed by atoms with E-state index in [-0.39, 0.29) is 0 Å². The van der Waals surface area contributed by atoms with E-state index in [9.17, 15) is 0 Å². The van der Waals surface area contributed by atoms with Crippen molar-refractivity contribution in [1.29, 1.82) is 0 Å². The second-order valence-corrected chi connectivity index (χ2v) is 2.68. The minimum atomic E-state index is 0.600. The Hall–Kier alpha value is -2.40. The van der Waals surface area contributed by atoms with Crippen molar-refractivity contribution in [3.8, 4) is 11.8 Å². The zero-order chi connectivity index (χ0) is 12.8. The molecule has 86 valence electrons. The van der Waals surface area contributed by atoms with Crippen molar-refractivity contribution in [2.45, 2.75) is 6.92 Å². The average molecular weight is 224 g/mol. The first-order chi connectivity index (χ1) is 8.35. The first-order valence-corrected chi connectivity index (χ1v) is 5.14. The molecule has 0 aliphatic heterocycles. The lowest BCUT2D eigenvalue weighted by Crippen LogP contribution is -1.73. The highest BCUT2D eigenvalue weighted by Gasteiger charge is 1.82. The predicted molar refractivity (Wildman–Crippen MR) is 77.2 cm³/mol. The quantitative estimate of drug-likeness (QED) is 0.388. The molecule has 0 radical (unpaired) electrons. The van der Waals surface area contributed by atoms with Crippen LogP contribution in [-0.4, -0.2) is 12.4 Å². The first-order valence-electron chi connectivity index (χ1n) is 5.14. The smallest absolute Gasteiger partial charge is 0.131 e. The largest absolute Gasteiger partial charge is 0.262 e. The Labute approximate surface area is 103 Å². The van der Waals surface area contributed by atoms with Gasteiger partial charge in [0.05, 0.1) is 6.20 Å². The molecule has 0 aromatic carbocycles. The van der Waals surface area contributed by atoms with Gasteiger partial charge in [0.15, 0.2) is 0 Å². The van der Waals surface area contributed by atoms with Crippen molar-refractivity contribution in [2.75, 3.05) is 0 Å². The van der Waals surface area contributed by atoms with Gasteiger partial charge in [0.2, 0.25) is 0 Å². The molecule has 17 heavy (non-hydrogen) atoms. The van der Waals surface area contributed by atoms with Crippen LogP contribution >= 0.6 is 0 Å². The SMILES string of the molecule is C=CC=N/C=C(/C#C/C=C/C=C\C=C)N=CC. The van der Waals surface area contributed by atoms with E-state index >= 15 is 0 Å². The van der Waals surface area contributed by atoms with E-state index in [2.05, 4.69) is 35.0 Å². The molecule has 0 saturated heterocycles. The molecule has 2 heteroatoms. The van der Waals surface area contributed by atoms with Crippen LogP contribution < -0.4 is 0 Å². The fourth-order valence-electron chi connectivity index (χ4n) is 0.773. The molecular weight excluding hydrogens is 208 g/mol. The van der Waals surface area contributed by atoms with Gasteiger partial charge in [-0.1, -0.05) is 49.5 Å². The van der Waals surface area contributed by atoms with E-state index in [1.165, 1.54) is 0 Å². The second-order valence-electron chi connectivity index (χ2n) is 2.68. The highest BCUT2D eigenvalue weighted by molar-refractivity contribution is 5.71. The van der Waals surface area contributed by atoms with E-state index in [0.717, 1.165) is 0 Å². The van der Waals surface area contributed by atoms with Gasteiger partial charge in [-0.15, -0.1) is 0 Å². The molecule has 0 bridgehead atoms. The van der Waals surface area contributed by atoms with Gasteiger partial charge in [-0.3, -0.25) is 9.98 Å². The van der Waals surface area contributed by atoms with E-state index in [0.29, 0.717) is 5.70 Å². The third-order valence-electron chi connectivity index (χ3n) is 1.39. The monoisotopic (exact) mass is 224 g/mol. The summed E-state index contributed by atoms with van der Waals surface area (Å²) in [4.78, 5) is 8.04. The van der Waals surface area contributed by atoms with Crippen molar-refractivity contribution in [1.82, 2.24) is 0 Å². The molecule has 0 amide bonds. The van der Waals surface area contributed by atoms with Crippen molar-refractivity contribution in [2.24, 2.45) is 9.98 Å². The van der Waals surface area contributed by atoms with Crippen LogP contribution in [0.2, 0.25) is 0 Å². The summed E-state index contributed by atoms with van der Waals surface area (Å²) in [7, 11) is 0. The summed E-state index contributed by atoms with van der Waals surface area (Å²) < 4.78 is 0. The third kappa shape index (κ3) is 9.89. The summed E-state index contributed by atoms with van der Waals surface area (Å²) in [5, 5.41) is 0. The molecule has 0 saturated carbocycles. The Morgan fingerprint density at radius 2 is 1.94 bits per heavy atom. The summed E-state index contributed by atoms with van der Waals surface area (Å²) in [5.74, 6) is 5.73. The Bertz CT molecular complexity index is 435. The van der Waals surface area contributed by atoms with Crippen molar-refractivity contribution in [3.63, 3.8) is 0 Å². The standard InChI is InChI=1S/C15H16N2/c1-4-7-8-9-10-11-12-15(17-6-3)14-16-13-5-2/h4-10,13-14H,1-2H2,3H3/b8-7-,10-9+,15-14-,16-13?,17-6?. The van der Waals surface area contributed by atoms with Crippen LogP contribution in [-0.2, 0) is 0 Å². The number of allylic oxidation sites excluding steroid dienone is 7. The molecule has 0 N–H and O–H groups in total. The predicted octanol–water partition coefficient (Wildman–Crippen LogP) is 3.48. The van der Waals surface area contributed by atoms with Gasteiger partial charge in [0.1, 0.15) is 5.70 Å². The fourth-order valence-corrected chi connectivity index (χ4v) is 0.773. The van der Waals surface area contributed by atoms with Crippen LogP contribution in [0.15, 0.2) is 71.5 Å². The molecule has 0 aromatic rings. The van der Waals surface area contributed by atoms with E-state index in [4.69, 9.17) is 0 Å². The molecule has 0 aromatic heterocycles. The summed E-state index contributed by atoms with van der Waals surface area (Å²) in [5.41, 5.74) is 0.600. The maximum atomic E-state index is 4.08. The number of nitrogens with zero attached hydrogens (tertiary/aromatic N) is 2. The second kappa shape index (κ2) is 11.7. The van der Waals surface area contributed by atoms with Gasteiger partial charge in [0, 0.05) is 12.4 Å². The van der Waals surface area contributed by atoms with Crippen molar-refractivity contribution < 1.29 is 0 Å². The molecule has 0 atom stereocenters. The van der Waals surface area contributed by atoms with Crippen LogP contribution in [0.4, 0.5) is 0 Å². The highest BCUT2D eigenvalue weighted by Crippen LogP contribution is 1.94. The zero-order valence-corrected chi connectivity index (χ0v) is 10.0. The Morgan fingerprint density at radius 3 is 2.59 bits per heavy atom. The number of rotatable bonds is 5. The molecule has 2 nitrogen and oxygen atoms in total. The van der Waals surface area contributed by atoms with E-state index < -0.39 is 0 Å². The van der Waals surface area contributed by atoms with Gasteiger partial charge in [-0.25, -0.2) is 0 Å². The van der Waals surface area contributed by atoms with Crippen LogP contribution in [0, 0.1) is 11.8 Å². The normalized spacial score (nSPS) is 12.4. The average Bonchev–Trinajstić information content (AvgIpc) is 2.34. The lowest BCUT2D eigenvalue weighted by Gasteiger charge is -1.84. The fraction of sp³-hybridized carbons (Fsp3) is 0.0667. The third-order valence-corrected chi connectivity index (χ3v) is 1.39. The lowest BCUT2D eigenvalue weighted by atomic mass is 10.4. The van der Waals surface area contributed by atoms with E-state index in [1.54, 1.807) is 36.9 Å². The van der Waals surface area contributed by atoms with Crippen LogP contribution in [0.1, 0.15) is 6.92 Å². The van der Waals surface area contributed by atoms with E-state index in [1.807, 2.05) is 25.2 Å². The summed E-state index contributed by atoms with van der Waals surface area (Å²) in [6.45, 7) is 8.92. The molecule has 0 aliphatic carbocycles. The summed E-state index contributed by atoms with van der Waals surface area (Å²) >= 11 is 0. The van der Waals surface area contributed by atoms with Crippen LogP contribution in [0.5, 0.6) is 0 Å². The van der Waals surface area contributed by atoms with Gasteiger partial charge in [0.25, 0.3) is 0 Å². The summed E-state index contributed by atoms with van der Waals surface area (Å²) in [6.07, 6.45) is 15.4. The lowest BCUT2D eigenvalue weighted by molar-refractivity contribution is 1.39. The van der Waals surface area contributed by atoms with Gasteiger partial charge >= 0.3 is 0 Å². The Kier molecular flexibility index (Phi) is 10.0. The topological polar surface area (TPSA) is 24.7 Å². The highest BCUT2D eigenvalue weighted by atomic mass is 14.8. The summed E-state index contributed by atoms with van der Waals surface area (Å²) in [6, 6.07) is 0. The molecule has 0 fully saturated rings. The minimum Gasteiger partial charge on any atom is -0.262 e. The zero-order valence-electron chi connectivity index (χ0n) is 10.0. The molecule has 0 spiro atoms. The molecule has 0 rings (SSSR count). The van der Waals surface area contributed by atoms with Crippen molar-refractivity contribution in [3.05, 3.63) is 61.5 Å². The first kappa shape index (κ1) is 14.6. The maximum Gasteiger partial charge on any atom is 0.131 e. The van der Waals surface area contributed by atoms with Crippen LogP contribution in [0.3, 0.4) is 0 Å². The minimum absolute atomic E-state index is 0.600. The molecular formula is C15H16N2. The van der Waals surface area contributed by atoms with Gasteiger partial charge in [-0.2, -0.15) is 0 Å². The Balaban J connectivity index is 4.60. The molecule has 0 aliphatic rings. The Morgan fingerprint density at radius 1 is 1.12 bits per heavy atom.